The van der Waals surface area contributed by atoms with Gasteiger partial charge in [0.15, 0.2) is 0 Å². The topological polar surface area (TPSA) is 58.7 Å². The number of hydrogen-bond acceptors (Lipinski definition) is 3. The van der Waals surface area contributed by atoms with Gasteiger partial charge in [-0.25, -0.2) is 5.01 Å². The van der Waals surface area contributed by atoms with E-state index in [0.717, 1.165) is 12.0 Å². The fraction of sp³-hybridized carbons (Fsp3) is 0.273. The molecule has 0 unspecified atom stereocenters. The summed E-state index contributed by atoms with van der Waals surface area (Å²) in [6.07, 6.45) is 0.957. The molecule has 1 aromatic carbocycles. The summed E-state index contributed by atoms with van der Waals surface area (Å²) in [5.41, 5.74) is 6.56. The van der Waals surface area contributed by atoms with E-state index in [1.54, 1.807) is 0 Å². The molecular weight excluding hydrogens is 226 g/mol. The van der Waals surface area contributed by atoms with E-state index in [0.29, 0.717) is 17.4 Å². The van der Waals surface area contributed by atoms with Gasteiger partial charge in [-0.05, 0) is 24.1 Å². The molecule has 0 bridgehead atoms. The van der Waals surface area contributed by atoms with Crippen LogP contribution in [0.4, 0.5) is 0 Å². The fourth-order valence-electron chi connectivity index (χ4n) is 1.59. The van der Waals surface area contributed by atoms with Crippen LogP contribution in [0.15, 0.2) is 29.4 Å². The van der Waals surface area contributed by atoms with E-state index in [-0.39, 0.29) is 12.3 Å². The smallest absolute Gasteiger partial charge is 0.250 e. The third-order valence-electron chi connectivity index (χ3n) is 2.37. The van der Waals surface area contributed by atoms with Crippen LogP contribution in [-0.4, -0.2) is 23.3 Å². The lowest BCUT2D eigenvalue weighted by Crippen LogP contribution is -2.23. The van der Waals surface area contributed by atoms with Gasteiger partial charge in [-0.1, -0.05) is 23.7 Å². The molecule has 1 heterocycles. The number of carbonyl (C=O) groups excluding carboxylic acids is 1. The Morgan fingerprint density at radius 2 is 2.31 bits per heavy atom. The average Bonchev–Trinajstić information content (AvgIpc) is 2.54. The number of nitrogens with two attached hydrogens (primary N) is 1. The molecule has 0 aromatic heterocycles. The predicted molar refractivity (Wildman–Crippen MR) is 63.1 cm³/mol. The maximum atomic E-state index is 11.4. The Hall–Kier alpha value is -1.55. The molecule has 2 N–H and O–H groups in total. The first-order chi connectivity index (χ1) is 7.65. The number of rotatable bonds is 3. The minimum absolute atomic E-state index is 0.0421. The van der Waals surface area contributed by atoms with Gasteiger partial charge in [-0.3, -0.25) is 4.79 Å². The van der Waals surface area contributed by atoms with Crippen LogP contribution >= 0.6 is 11.6 Å². The monoisotopic (exact) mass is 237 g/mol. The Balaban J connectivity index is 1.95. The quantitative estimate of drug-likeness (QED) is 0.864. The van der Waals surface area contributed by atoms with Crippen molar-refractivity contribution >= 4 is 23.3 Å². The van der Waals surface area contributed by atoms with Crippen LogP contribution in [0, 0.1) is 0 Å². The zero-order valence-corrected chi connectivity index (χ0v) is 9.44. The van der Waals surface area contributed by atoms with Gasteiger partial charge in [0, 0.05) is 11.6 Å². The maximum Gasteiger partial charge on any atom is 0.250 e. The first-order valence-electron chi connectivity index (χ1n) is 5.03. The molecular formula is C11H12ClN3O. The van der Waals surface area contributed by atoms with Crippen molar-refractivity contribution in [2.75, 3.05) is 6.54 Å². The van der Waals surface area contributed by atoms with Crippen LogP contribution in [0.2, 0.25) is 5.02 Å². The molecule has 4 nitrogen and oxygen atoms in total. The Morgan fingerprint density at radius 3 is 2.94 bits per heavy atom. The van der Waals surface area contributed by atoms with E-state index in [2.05, 4.69) is 5.10 Å². The molecule has 84 valence electrons. The van der Waals surface area contributed by atoms with Crippen LogP contribution in [-0.2, 0) is 11.2 Å². The number of halogens is 1. The van der Waals surface area contributed by atoms with Crippen LogP contribution < -0.4 is 5.73 Å². The van der Waals surface area contributed by atoms with Gasteiger partial charge < -0.3 is 5.73 Å². The van der Waals surface area contributed by atoms with Crippen molar-refractivity contribution in [1.29, 1.82) is 0 Å². The van der Waals surface area contributed by atoms with E-state index < -0.39 is 0 Å². The molecule has 1 aliphatic rings. The second-order valence-corrected chi connectivity index (χ2v) is 4.10. The Bertz CT molecular complexity index is 445. The summed E-state index contributed by atoms with van der Waals surface area (Å²) in [5, 5.41) is 6.07. The van der Waals surface area contributed by atoms with Gasteiger partial charge in [0.05, 0.1) is 6.42 Å². The first kappa shape index (κ1) is 11.0. The zero-order valence-electron chi connectivity index (χ0n) is 8.69. The Morgan fingerprint density at radius 1 is 1.50 bits per heavy atom. The normalized spacial score (nSPS) is 15.4. The number of benzene rings is 1. The molecule has 1 aromatic rings. The summed E-state index contributed by atoms with van der Waals surface area (Å²) in [5.74, 6) is 0.343. The first-order valence-corrected chi connectivity index (χ1v) is 5.41. The van der Waals surface area contributed by atoms with Crippen molar-refractivity contribution in [3.63, 3.8) is 0 Å². The highest BCUT2D eigenvalue weighted by molar-refractivity contribution is 6.30. The van der Waals surface area contributed by atoms with E-state index in [1.165, 1.54) is 5.01 Å². The third-order valence-corrected chi connectivity index (χ3v) is 2.61. The molecule has 1 amide bonds. The summed E-state index contributed by atoms with van der Waals surface area (Å²) >= 11 is 5.86. The standard InChI is InChI=1S/C11H12ClN3O/c12-9-3-1-2-8(6-9)4-5-15-11(16)7-10(13)14-15/h1-3,6H,4-5,7H2,(H2,13,14). The van der Waals surface area contributed by atoms with Gasteiger partial charge in [0.2, 0.25) is 5.91 Å². The Kier molecular flexibility index (Phi) is 3.10. The van der Waals surface area contributed by atoms with Gasteiger partial charge in [-0.15, -0.1) is 0 Å². The van der Waals surface area contributed by atoms with Crippen molar-refractivity contribution in [1.82, 2.24) is 5.01 Å². The van der Waals surface area contributed by atoms with Crippen molar-refractivity contribution in [2.45, 2.75) is 12.8 Å². The summed E-state index contributed by atoms with van der Waals surface area (Å²) in [6.45, 7) is 0.542. The second kappa shape index (κ2) is 4.53. The number of hydrogen-bond donors (Lipinski definition) is 1. The molecule has 0 saturated heterocycles. The molecule has 16 heavy (non-hydrogen) atoms. The molecule has 0 saturated carbocycles. The molecule has 0 spiro atoms. The lowest BCUT2D eigenvalue weighted by Gasteiger charge is -2.11. The summed E-state index contributed by atoms with van der Waals surface area (Å²) < 4.78 is 0. The van der Waals surface area contributed by atoms with E-state index in [4.69, 9.17) is 17.3 Å². The number of nitrogens with zero attached hydrogens (tertiary/aromatic N) is 2. The van der Waals surface area contributed by atoms with E-state index >= 15 is 0 Å². The van der Waals surface area contributed by atoms with Crippen molar-refractivity contribution < 1.29 is 4.79 Å². The maximum absolute atomic E-state index is 11.4. The van der Waals surface area contributed by atoms with Crippen LogP contribution in [0.25, 0.3) is 0 Å². The lowest BCUT2D eigenvalue weighted by atomic mass is 10.1. The molecule has 2 rings (SSSR count). The SMILES string of the molecule is NC1=NN(CCc2cccc(Cl)c2)C(=O)C1. The zero-order chi connectivity index (χ0) is 11.5. The molecule has 1 aliphatic heterocycles. The minimum Gasteiger partial charge on any atom is -0.385 e. The molecule has 5 heteroatoms. The molecule has 0 fully saturated rings. The largest absolute Gasteiger partial charge is 0.385 e. The van der Waals surface area contributed by atoms with Crippen LogP contribution in [0.1, 0.15) is 12.0 Å². The van der Waals surface area contributed by atoms with Gasteiger partial charge >= 0.3 is 0 Å². The third kappa shape index (κ3) is 2.52. The van der Waals surface area contributed by atoms with Gasteiger partial charge in [0.1, 0.15) is 5.84 Å². The number of hydrazone groups is 1. The van der Waals surface area contributed by atoms with Gasteiger partial charge in [-0.2, -0.15) is 5.10 Å². The number of amidine groups is 1. The predicted octanol–water partition coefficient (Wildman–Crippen LogP) is 1.39. The molecule has 0 atom stereocenters. The lowest BCUT2D eigenvalue weighted by molar-refractivity contribution is -0.128. The van der Waals surface area contributed by atoms with Crippen molar-refractivity contribution in [3.8, 4) is 0 Å². The highest BCUT2D eigenvalue weighted by Crippen LogP contribution is 2.13. The minimum atomic E-state index is -0.0421. The van der Waals surface area contributed by atoms with Gasteiger partial charge in [0.25, 0.3) is 0 Å². The highest BCUT2D eigenvalue weighted by Gasteiger charge is 2.21. The summed E-state index contributed by atoms with van der Waals surface area (Å²) in [7, 11) is 0. The molecule has 0 radical (unpaired) electrons. The summed E-state index contributed by atoms with van der Waals surface area (Å²) in [6, 6.07) is 7.57. The highest BCUT2D eigenvalue weighted by atomic mass is 35.5. The van der Waals surface area contributed by atoms with Crippen LogP contribution in [0.3, 0.4) is 0 Å². The average molecular weight is 238 g/mol. The van der Waals surface area contributed by atoms with E-state index in [9.17, 15) is 4.79 Å². The fourth-order valence-corrected chi connectivity index (χ4v) is 1.81. The molecule has 0 aliphatic carbocycles. The number of carbonyl (C=O) groups is 1. The van der Waals surface area contributed by atoms with Crippen LogP contribution in [0.5, 0.6) is 0 Å². The summed E-state index contributed by atoms with van der Waals surface area (Å²) in [4.78, 5) is 11.4. The van der Waals surface area contributed by atoms with E-state index in [1.807, 2.05) is 24.3 Å². The second-order valence-electron chi connectivity index (χ2n) is 3.66. The Labute approximate surface area is 98.7 Å². The van der Waals surface area contributed by atoms with Crippen molar-refractivity contribution in [2.24, 2.45) is 10.8 Å². The number of amides is 1. The van der Waals surface area contributed by atoms with Crippen molar-refractivity contribution in [3.05, 3.63) is 34.9 Å².